The van der Waals surface area contributed by atoms with Gasteiger partial charge in [0.1, 0.15) is 11.6 Å². The van der Waals surface area contributed by atoms with Crippen molar-refractivity contribution in [3.63, 3.8) is 0 Å². The molecule has 3 atom stereocenters. The van der Waals surface area contributed by atoms with Crippen LogP contribution in [0.4, 0.5) is 8.78 Å². The molecule has 3 rings (SSSR count). The van der Waals surface area contributed by atoms with Crippen molar-refractivity contribution >= 4 is 11.8 Å². The Hall–Kier alpha value is -2.84. The molecule has 6 nitrogen and oxygen atoms in total. The number of hydrogen-bond acceptors (Lipinski definition) is 4. The normalized spacial score (nSPS) is 17.7. The molecule has 2 aromatic carbocycles. The SMILES string of the molecule is CC(=O)NC(Cc1cc(F)cc(F)c1)C(O)CNCc1cc(CC(C)(C)C)ccc1C1CCNC(=O)C1. The zero-order chi connectivity index (χ0) is 27.2. The van der Waals surface area contributed by atoms with Crippen molar-refractivity contribution in [1.29, 1.82) is 0 Å². The third kappa shape index (κ3) is 9.20. The maximum atomic E-state index is 13.7. The summed E-state index contributed by atoms with van der Waals surface area (Å²) in [5.41, 5.74) is 3.89. The van der Waals surface area contributed by atoms with Crippen LogP contribution >= 0.6 is 0 Å². The largest absolute Gasteiger partial charge is 0.390 e. The summed E-state index contributed by atoms with van der Waals surface area (Å²) in [4.78, 5) is 23.8. The number of nitrogens with one attached hydrogen (secondary N) is 3. The van der Waals surface area contributed by atoms with E-state index >= 15 is 0 Å². The van der Waals surface area contributed by atoms with Gasteiger partial charge in [0.05, 0.1) is 12.1 Å². The Morgan fingerprint density at radius 3 is 2.46 bits per heavy atom. The summed E-state index contributed by atoms with van der Waals surface area (Å²) in [6.45, 7) is 9.19. The van der Waals surface area contributed by atoms with E-state index in [4.69, 9.17) is 0 Å². The lowest BCUT2D eigenvalue weighted by Gasteiger charge is -2.27. The number of benzene rings is 2. The van der Waals surface area contributed by atoms with E-state index in [1.165, 1.54) is 24.6 Å². The minimum atomic E-state index is -0.989. The van der Waals surface area contributed by atoms with Crippen molar-refractivity contribution in [3.8, 4) is 0 Å². The Labute approximate surface area is 218 Å². The third-order valence-electron chi connectivity index (χ3n) is 6.53. The lowest BCUT2D eigenvalue weighted by Crippen LogP contribution is -2.48. The predicted molar refractivity (Wildman–Crippen MR) is 140 cm³/mol. The highest BCUT2D eigenvalue weighted by Gasteiger charge is 2.25. The summed E-state index contributed by atoms with van der Waals surface area (Å²) in [6, 6.07) is 8.90. The maximum absolute atomic E-state index is 13.7. The Morgan fingerprint density at radius 2 is 1.84 bits per heavy atom. The molecule has 2 aromatic rings. The monoisotopic (exact) mass is 515 g/mol. The van der Waals surface area contributed by atoms with Crippen LogP contribution in [-0.2, 0) is 29.0 Å². The molecule has 1 aliphatic rings. The molecule has 1 aliphatic heterocycles. The van der Waals surface area contributed by atoms with Crippen molar-refractivity contribution in [2.45, 2.75) is 78.0 Å². The number of aliphatic hydroxyl groups excluding tert-OH is 1. The molecule has 0 radical (unpaired) electrons. The minimum absolute atomic E-state index is 0.0521. The summed E-state index contributed by atoms with van der Waals surface area (Å²) in [5.74, 6) is -1.56. The second kappa shape index (κ2) is 12.6. The topological polar surface area (TPSA) is 90.5 Å². The van der Waals surface area contributed by atoms with E-state index in [0.717, 1.165) is 30.0 Å². The Bertz CT molecular complexity index is 1080. The van der Waals surface area contributed by atoms with Crippen LogP contribution in [-0.4, -0.2) is 42.2 Å². The summed E-state index contributed by atoms with van der Waals surface area (Å²) in [5, 5.41) is 19.8. The summed E-state index contributed by atoms with van der Waals surface area (Å²) < 4.78 is 27.3. The number of rotatable bonds is 10. The summed E-state index contributed by atoms with van der Waals surface area (Å²) >= 11 is 0. The highest BCUT2D eigenvalue weighted by Crippen LogP contribution is 2.31. The fraction of sp³-hybridized carbons (Fsp3) is 0.517. The van der Waals surface area contributed by atoms with Crippen LogP contribution in [0.5, 0.6) is 0 Å². The molecule has 2 amide bonds. The van der Waals surface area contributed by atoms with Gasteiger partial charge >= 0.3 is 0 Å². The molecule has 0 bridgehead atoms. The highest BCUT2D eigenvalue weighted by atomic mass is 19.1. The quantitative estimate of drug-likeness (QED) is 0.388. The molecule has 0 aromatic heterocycles. The number of halogens is 2. The Kier molecular flexibility index (Phi) is 9.79. The highest BCUT2D eigenvalue weighted by molar-refractivity contribution is 5.77. The second-order valence-corrected chi connectivity index (χ2v) is 11.3. The summed E-state index contributed by atoms with van der Waals surface area (Å²) in [6.07, 6.45) is 1.32. The van der Waals surface area contributed by atoms with Crippen LogP contribution in [0, 0.1) is 17.0 Å². The van der Waals surface area contributed by atoms with Crippen molar-refractivity contribution in [1.82, 2.24) is 16.0 Å². The van der Waals surface area contributed by atoms with E-state index < -0.39 is 23.8 Å². The van der Waals surface area contributed by atoms with Gasteiger partial charge in [-0.15, -0.1) is 0 Å². The molecule has 0 saturated carbocycles. The lowest BCUT2D eigenvalue weighted by molar-refractivity contribution is -0.122. The smallest absolute Gasteiger partial charge is 0.220 e. The molecule has 202 valence electrons. The Morgan fingerprint density at radius 1 is 1.14 bits per heavy atom. The van der Waals surface area contributed by atoms with E-state index in [1.807, 2.05) is 0 Å². The van der Waals surface area contributed by atoms with Crippen molar-refractivity contribution < 1.29 is 23.5 Å². The molecule has 0 spiro atoms. The molecular weight excluding hydrogens is 476 g/mol. The summed E-state index contributed by atoms with van der Waals surface area (Å²) in [7, 11) is 0. The molecular formula is C29H39F2N3O3. The fourth-order valence-electron chi connectivity index (χ4n) is 5.01. The number of carbonyl (C=O) groups is 2. The average molecular weight is 516 g/mol. The van der Waals surface area contributed by atoms with Gasteiger partial charge in [0.25, 0.3) is 0 Å². The number of aliphatic hydroxyl groups is 1. The maximum Gasteiger partial charge on any atom is 0.220 e. The number of amides is 2. The first-order chi connectivity index (χ1) is 17.4. The predicted octanol–water partition coefficient (Wildman–Crippen LogP) is 3.74. The zero-order valence-corrected chi connectivity index (χ0v) is 22.2. The molecule has 0 aliphatic carbocycles. The van der Waals surface area contributed by atoms with Crippen LogP contribution in [0.2, 0.25) is 0 Å². The van der Waals surface area contributed by atoms with Gasteiger partial charge in [-0.1, -0.05) is 39.0 Å². The van der Waals surface area contributed by atoms with Gasteiger partial charge in [-0.3, -0.25) is 9.59 Å². The van der Waals surface area contributed by atoms with E-state index in [-0.39, 0.29) is 36.1 Å². The first kappa shape index (κ1) is 28.7. The fourth-order valence-corrected chi connectivity index (χ4v) is 5.01. The van der Waals surface area contributed by atoms with Crippen molar-refractivity contribution in [2.24, 2.45) is 5.41 Å². The van der Waals surface area contributed by atoms with Gasteiger partial charge in [-0.05, 0) is 65.0 Å². The van der Waals surface area contributed by atoms with E-state index in [1.54, 1.807) is 0 Å². The van der Waals surface area contributed by atoms with Gasteiger partial charge in [0.15, 0.2) is 0 Å². The number of piperidine rings is 1. The van der Waals surface area contributed by atoms with Crippen molar-refractivity contribution in [2.75, 3.05) is 13.1 Å². The second-order valence-electron chi connectivity index (χ2n) is 11.3. The van der Waals surface area contributed by atoms with Crippen LogP contribution in [0.3, 0.4) is 0 Å². The minimum Gasteiger partial charge on any atom is -0.390 e. The first-order valence-corrected chi connectivity index (χ1v) is 12.9. The molecule has 3 unspecified atom stereocenters. The molecule has 4 N–H and O–H groups in total. The number of carbonyl (C=O) groups excluding carboxylic acids is 2. The molecule has 1 heterocycles. The Balaban J connectivity index is 1.73. The van der Waals surface area contributed by atoms with Crippen LogP contribution in [0.25, 0.3) is 0 Å². The van der Waals surface area contributed by atoms with Gasteiger partial charge < -0.3 is 21.1 Å². The number of hydrogen-bond donors (Lipinski definition) is 4. The first-order valence-electron chi connectivity index (χ1n) is 12.9. The van der Waals surface area contributed by atoms with Crippen molar-refractivity contribution in [3.05, 3.63) is 70.3 Å². The zero-order valence-electron chi connectivity index (χ0n) is 22.2. The van der Waals surface area contributed by atoms with E-state index in [9.17, 15) is 23.5 Å². The molecule has 8 heteroatoms. The molecule has 1 saturated heterocycles. The molecule has 1 fully saturated rings. The van der Waals surface area contributed by atoms with Crippen LogP contribution in [0.15, 0.2) is 36.4 Å². The van der Waals surface area contributed by atoms with Crippen LogP contribution in [0.1, 0.15) is 68.7 Å². The third-order valence-corrected chi connectivity index (χ3v) is 6.53. The molecule has 37 heavy (non-hydrogen) atoms. The lowest BCUT2D eigenvalue weighted by atomic mass is 9.83. The van der Waals surface area contributed by atoms with Gasteiger partial charge in [-0.25, -0.2) is 8.78 Å². The standard InChI is InChI=1S/C29H39F2N3O3/c1-18(35)34-26(12-20-10-23(30)14-24(31)11-20)27(36)17-32-16-22-9-19(15-29(2,3)4)5-6-25(22)21-7-8-33-28(37)13-21/h5-6,9-11,14,21,26-27,32,36H,7-8,12-13,15-17H2,1-4H3,(H,33,37)(H,34,35). The van der Waals surface area contributed by atoms with Gasteiger partial charge in [0, 0.05) is 39.0 Å². The van der Waals surface area contributed by atoms with E-state index in [0.29, 0.717) is 25.1 Å². The van der Waals surface area contributed by atoms with Gasteiger partial charge in [-0.2, -0.15) is 0 Å². The van der Waals surface area contributed by atoms with E-state index in [2.05, 4.69) is 54.9 Å². The van der Waals surface area contributed by atoms with Crippen LogP contribution < -0.4 is 16.0 Å². The average Bonchev–Trinajstić information content (AvgIpc) is 2.76. The van der Waals surface area contributed by atoms with Gasteiger partial charge in [0.2, 0.25) is 11.8 Å².